The lowest BCUT2D eigenvalue weighted by Crippen LogP contribution is -2.30. The Kier molecular flexibility index (Phi) is 4.02. The van der Waals surface area contributed by atoms with Gasteiger partial charge in [0.2, 0.25) is 10.0 Å². The van der Waals surface area contributed by atoms with Gasteiger partial charge in [0, 0.05) is 11.6 Å². The number of hydrogen-bond acceptors (Lipinski definition) is 2. The van der Waals surface area contributed by atoms with Crippen LogP contribution >= 0.6 is 11.6 Å². The molecular weight excluding hydrogens is 306 g/mol. The van der Waals surface area contributed by atoms with Gasteiger partial charge in [-0.2, -0.15) is 4.31 Å². The Morgan fingerprint density at radius 2 is 1.67 bits per heavy atom. The quantitative estimate of drug-likeness (QED) is 0.860. The highest BCUT2D eigenvalue weighted by molar-refractivity contribution is 7.89. The highest BCUT2D eigenvalue weighted by Gasteiger charge is 2.36. The highest BCUT2D eigenvalue weighted by atomic mass is 35.5. The number of benzene rings is 2. The SMILES string of the molecule is O=S(=O)(c1ccccc1)N1CCC[C@@H]1c1ccccc1Cl. The van der Waals surface area contributed by atoms with Crippen LogP contribution < -0.4 is 0 Å². The molecule has 0 aliphatic carbocycles. The number of sulfonamides is 1. The van der Waals surface area contributed by atoms with E-state index in [1.807, 2.05) is 30.3 Å². The fourth-order valence-electron chi connectivity index (χ4n) is 2.81. The molecule has 21 heavy (non-hydrogen) atoms. The van der Waals surface area contributed by atoms with Crippen molar-refractivity contribution in [1.29, 1.82) is 0 Å². The molecule has 3 nitrogen and oxygen atoms in total. The third-order valence-corrected chi connectivity index (χ3v) is 6.08. The second kappa shape index (κ2) is 5.79. The Morgan fingerprint density at radius 3 is 2.38 bits per heavy atom. The zero-order valence-corrected chi connectivity index (χ0v) is 13.0. The average Bonchev–Trinajstić information content (AvgIpc) is 2.99. The molecule has 0 saturated carbocycles. The van der Waals surface area contributed by atoms with Crippen molar-refractivity contribution in [3.8, 4) is 0 Å². The molecule has 1 fully saturated rings. The molecule has 110 valence electrons. The van der Waals surface area contributed by atoms with Gasteiger partial charge in [-0.15, -0.1) is 0 Å². The van der Waals surface area contributed by atoms with Gasteiger partial charge in [-0.3, -0.25) is 0 Å². The highest BCUT2D eigenvalue weighted by Crippen LogP contribution is 2.39. The van der Waals surface area contributed by atoms with E-state index >= 15 is 0 Å². The van der Waals surface area contributed by atoms with Crippen molar-refractivity contribution in [2.45, 2.75) is 23.8 Å². The minimum Gasteiger partial charge on any atom is -0.207 e. The molecule has 3 rings (SSSR count). The molecule has 0 N–H and O–H groups in total. The number of rotatable bonds is 3. The van der Waals surface area contributed by atoms with Gasteiger partial charge in [0.25, 0.3) is 0 Å². The summed E-state index contributed by atoms with van der Waals surface area (Å²) in [6, 6.07) is 15.9. The molecule has 1 heterocycles. The Morgan fingerprint density at radius 1 is 1.00 bits per heavy atom. The van der Waals surface area contributed by atoms with Gasteiger partial charge >= 0.3 is 0 Å². The van der Waals surface area contributed by atoms with Gasteiger partial charge in [0.1, 0.15) is 0 Å². The molecule has 1 atom stereocenters. The van der Waals surface area contributed by atoms with E-state index in [0.717, 1.165) is 18.4 Å². The molecule has 1 saturated heterocycles. The number of hydrogen-bond donors (Lipinski definition) is 0. The van der Waals surface area contributed by atoms with Crippen molar-refractivity contribution < 1.29 is 8.42 Å². The zero-order chi connectivity index (χ0) is 14.9. The summed E-state index contributed by atoms with van der Waals surface area (Å²) in [5.74, 6) is 0. The minimum atomic E-state index is -3.48. The molecule has 2 aromatic carbocycles. The van der Waals surface area contributed by atoms with Crippen LogP contribution in [0.1, 0.15) is 24.4 Å². The summed E-state index contributed by atoms with van der Waals surface area (Å²) in [5.41, 5.74) is 0.885. The maximum atomic E-state index is 12.8. The third-order valence-electron chi connectivity index (χ3n) is 3.82. The van der Waals surface area contributed by atoms with Crippen LogP contribution in [0.15, 0.2) is 59.5 Å². The first-order valence-electron chi connectivity index (χ1n) is 6.92. The monoisotopic (exact) mass is 321 g/mol. The number of nitrogens with zero attached hydrogens (tertiary/aromatic N) is 1. The van der Waals surface area contributed by atoms with E-state index in [-0.39, 0.29) is 6.04 Å². The van der Waals surface area contributed by atoms with Gasteiger partial charge in [0.05, 0.1) is 10.9 Å². The van der Waals surface area contributed by atoms with Crippen molar-refractivity contribution in [3.05, 3.63) is 65.2 Å². The lowest BCUT2D eigenvalue weighted by atomic mass is 10.1. The Hall–Kier alpha value is -1.36. The van der Waals surface area contributed by atoms with E-state index in [1.165, 1.54) is 0 Å². The smallest absolute Gasteiger partial charge is 0.207 e. The van der Waals surface area contributed by atoms with E-state index in [1.54, 1.807) is 28.6 Å². The maximum absolute atomic E-state index is 12.8. The lowest BCUT2D eigenvalue weighted by Gasteiger charge is -2.25. The first kappa shape index (κ1) is 14.6. The van der Waals surface area contributed by atoms with Gasteiger partial charge < -0.3 is 0 Å². The topological polar surface area (TPSA) is 37.4 Å². The fourth-order valence-corrected chi connectivity index (χ4v) is 4.77. The normalized spacial score (nSPS) is 19.8. The van der Waals surface area contributed by atoms with Crippen LogP contribution in [0.3, 0.4) is 0 Å². The second-order valence-corrected chi connectivity index (χ2v) is 7.41. The molecule has 1 aliphatic heterocycles. The van der Waals surface area contributed by atoms with E-state index in [2.05, 4.69) is 0 Å². The Bertz CT molecular complexity index is 731. The van der Waals surface area contributed by atoms with E-state index in [9.17, 15) is 8.42 Å². The van der Waals surface area contributed by atoms with Gasteiger partial charge in [-0.1, -0.05) is 48.0 Å². The molecule has 0 radical (unpaired) electrons. The standard InChI is InChI=1S/C16H16ClNO2S/c17-15-10-5-4-9-14(15)16-11-6-12-18(16)21(19,20)13-7-2-1-3-8-13/h1-5,7-10,16H,6,11-12H2/t16-/m1/s1. The lowest BCUT2D eigenvalue weighted by molar-refractivity contribution is 0.397. The predicted molar refractivity (Wildman–Crippen MR) is 83.8 cm³/mol. The van der Waals surface area contributed by atoms with Crippen molar-refractivity contribution >= 4 is 21.6 Å². The fraction of sp³-hybridized carbons (Fsp3) is 0.250. The molecule has 0 spiro atoms. The molecule has 1 aliphatic rings. The summed E-state index contributed by atoms with van der Waals surface area (Å²) in [6.45, 7) is 0.535. The van der Waals surface area contributed by atoms with Crippen LogP contribution in [-0.2, 0) is 10.0 Å². The molecular formula is C16H16ClNO2S. The largest absolute Gasteiger partial charge is 0.243 e. The first-order chi connectivity index (χ1) is 10.1. The Balaban J connectivity index is 2.00. The van der Waals surface area contributed by atoms with Crippen LogP contribution in [-0.4, -0.2) is 19.3 Å². The zero-order valence-electron chi connectivity index (χ0n) is 11.4. The first-order valence-corrected chi connectivity index (χ1v) is 8.74. The molecule has 0 bridgehead atoms. The minimum absolute atomic E-state index is 0.177. The second-order valence-electron chi connectivity index (χ2n) is 5.11. The van der Waals surface area contributed by atoms with Crippen molar-refractivity contribution in [3.63, 3.8) is 0 Å². The summed E-state index contributed by atoms with van der Waals surface area (Å²) < 4.78 is 27.2. The van der Waals surface area contributed by atoms with Crippen LogP contribution in [0.2, 0.25) is 5.02 Å². The van der Waals surface area contributed by atoms with Crippen LogP contribution in [0, 0.1) is 0 Å². The summed E-state index contributed by atoms with van der Waals surface area (Å²) in [7, 11) is -3.48. The number of halogens is 1. The summed E-state index contributed by atoms with van der Waals surface area (Å²) >= 11 is 6.24. The van der Waals surface area contributed by atoms with Crippen molar-refractivity contribution in [2.75, 3.05) is 6.54 Å². The van der Waals surface area contributed by atoms with Gasteiger partial charge in [-0.25, -0.2) is 8.42 Å². The molecule has 2 aromatic rings. The van der Waals surface area contributed by atoms with Crippen LogP contribution in [0.4, 0.5) is 0 Å². The third kappa shape index (κ3) is 2.71. The molecule has 0 aromatic heterocycles. The molecule has 0 unspecified atom stereocenters. The predicted octanol–water partition coefficient (Wildman–Crippen LogP) is 3.87. The maximum Gasteiger partial charge on any atom is 0.243 e. The van der Waals surface area contributed by atoms with Gasteiger partial charge in [-0.05, 0) is 36.6 Å². The molecule has 5 heteroatoms. The summed E-state index contributed by atoms with van der Waals surface area (Å²) in [5, 5.41) is 0.623. The van der Waals surface area contributed by atoms with E-state index in [4.69, 9.17) is 11.6 Å². The van der Waals surface area contributed by atoms with Crippen LogP contribution in [0.25, 0.3) is 0 Å². The van der Waals surface area contributed by atoms with Crippen molar-refractivity contribution in [2.24, 2.45) is 0 Å². The van der Waals surface area contributed by atoms with E-state index in [0.29, 0.717) is 16.5 Å². The van der Waals surface area contributed by atoms with Crippen LogP contribution in [0.5, 0.6) is 0 Å². The Labute approximate surface area is 130 Å². The summed E-state index contributed by atoms with van der Waals surface area (Å²) in [6.07, 6.45) is 1.65. The summed E-state index contributed by atoms with van der Waals surface area (Å²) in [4.78, 5) is 0.337. The van der Waals surface area contributed by atoms with Crippen molar-refractivity contribution in [1.82, 2.24) is 4.31 Å². The van der Waals surface area contributed by atoms with E-state index < -0.39 is 10.0 Å². The average molecular weight is 322 g/mol. The molecule has 0 amide bonds. The van der Waals surface area contributed by atoms with Gasteiger partial charge in [0.15, 0.2) is 0 Å².